The summed E-state index contributed by atoms with van der Waals surface area (Å²) < 4.78 is 10.5. The van der Waals surface area contributed by atoms with E-state index in [1.165, 1.54) is 0 Å². The number of alkyl halides is 1. The molecule has 1 aliphatic carbocycles. The topological polar surface area (TPSA) is 58.9 Å². The van der Waals surface area contributed by atoms with Crippen LogP contribution in [-0.4, -0.2) is 40.4 Å². The van der Waals surface area contributed by atoms with Gasteiger partial charge in [0.05, 0.1) is 12.0 Å². The van der Waals surface area contributed by atoms with E-state index >= 15 is 0 Å². The highest BCUT2D eigenvalue weighted by Gasteiger charge is 2.63. The Kier molecular flexibility index (Phi) is 1.89. The Morgan fingerprint density at radius 2 is 2.14 bits per heavy atom. The third kappa shape index (κ3) is 1.03. The van der Waals surface area contributed by atoms with E-state index in [1.54, 1.807) is 0 Å². The average molecular weight is 221 g/mol. The largest absolute Gasteiger partial charge is 0.385 e. The van der Waals surface area contributed by atoms with E-state index in [0.29, 0.717) is 6.42 Å². The van der Waals surface area contributed by atoms with Gasteiger partial charge in [-0.2, -0.15) is 0 Å². The number of aliphatic hydroxyl groups excluding tert-OH is 1. The lowest BCUT2D eigenvalue weighted by Gasteiger charge is -2.34. The first-order valence-electron chi connectivity index (χ1n) is 4.93. The molecule has 0 aromatic heterocycles. The normalized spacial score (nSPS) is 61.5. The molecule has 80 valence electrons. The van der Waals surface area contributed by atoms with E-state index < -0.39 is 18.2 Å². The molecule has 3 aliphatic rings. The highest BCUT2D eigenvalue weighted by Crippen LogP contribution is 2.54. The van der Waals surface area contributed by atoms with Gasteiger partial charge in [-0.3, -0.25) is 0 Å². The van der Waals surface area contributed by atoms with Crippen LogP contribution < -0.4 is 0 Å². The number of halogens is 1. The first kappa shape index (κ1) is 9.36. The van der Waals surface area contributed by atoms with Gasteiger partial charge >= 0.3 is 0 Å². The molecule has 1 saturated carbocycles. The summed E-state index contributed by atoms with van der Waals surface area (Å²) in [4.78, 5) is 0. The van der Waals surface area contributed by atoms with E-state index in [2.05, 4.69) is 0 Å². The summed E-state index contributed by atoms with van der Waals surface area (Å²) in [5.74, 6) is 0.159. The van der Waals surface area contributed by atoms with Crippen molar-refractivity contribution in [2.24, 2.45) is 11.8 Å². The zero-order valence-corrected chi connectivity index (χ0v) is 8.35. The molecule has 3 fully saturated rings. The Morgan fingerprint density at radius 1 is 1.36 bits per heavy atom. The van der Waals surface area contributed by atoms with Crippen LogP contribution in [-0.2, 0) is 9.47 Å². The van der Waals surface area contributed by atoms with Crippen LogP contribution in [0.1, 0.15) is 12.8 Å². The van der Waals surface area contributed by atoms with Gasteiger partial charge in [0.1, 0.15) is 5.60 Å². The van der Waals surface area contributed by atoms with Crippen molar-refractivity contribution in [1.29, 1.82) is 0 Å². The van der Waals surface area contributed by atoms with Crippen LogP contribution in [0.25, 0.3) is 0 Å². The number of hydrogen-bond donors (Lipinski definition) is 2. The maximum Gasteiger partial charge on any atom is 0.166 e. The zero-order valence-electron chi connectivity index (χ0n) is 7.60. The van der Waals surface area contributed by atoms with Gasteiger partial charge in [-0.15, -0.1) is 11.6 Å². The van der Waals surface area contributed by atoms with Crippen LogP contribution in [0.2, 0.25) is 0 Å². The Labute approximate surface area is 86.8 Å². The molecule has 0 unspecified atom stereocenters. The molecular weight excluding hydrogens is 208 g/mol. The van der Waals surface area contributed by atoms with Gasteiger partial charge in [-0.05, 0) is 12.3 Å². The van der Waals surface area contributed by atoms with Crippen LogP contribution in [0.3, 0.4) is 0 Å². The lowest BCUT2D eigenvalue weighted by molar-refractivity contribution is -0.260. The summed E-state index contributed by atoms with van der Waals surface area (Å²) in [6, 6.07) is 0. The van der Waals surface area contributed by atoms with Gasteiger partial charge < -0.3 is 19.7 Å². The molecule has 0 bridgehead atoms. The Balaban J connectivity index is 1.94. The summed E-state index contributed by atoms with van der Waals surface area (Å²) in [5.41, 5.74) is -0.947. The molecular formula is C9H13ClO4. The second kappa shape index (κ2) is 2.83. The third-order valence-electron chi connectivity index (χ3n) is 3.70. The molecule has 5 heteroatoms. The lowest BCUT2D eigenvalue weighted by Crippen LogP contribution is -2.46. The van der Waals surface area contributed by atoms with Crippen LogP contribution in [0, 0.1) is 11.8 Å². The number of hydrogen-bond acceptors (Lipinski definition) is 4. The van der Waals surface area contributed by atoms with Gasteiger partial charge in [0, 0.05) is 12.3 Å². The predicted molar refractivity (Wildman–Crippen MR) is 47.6 cm³/mol. The Hall–Kier alpha value is 0.130. The van der Waals surface area contributed by atoms with Crippen LogP contribution in [0.15, 0.2) is 0 Å². The molecule has 2 N–H and O–H groups in total. The van der Waals surface area contributed by atoms with E-state index in [9.17, 15) is 10.2 Å². The highest BCUT2D eigenvalue weighted by molar-refractivity contribution is 6.21. The molecule has 4 nitrogen and oxygen atoms in total. The molecule has 14 heavy (non-hydrogen) atoms. The first-order chi connectivity index (χ1) is 6.61. The zero-order chi connectivity index (χ0) is 9.92. The van der Waals surface area contributed by atoms with Crippen molar-refractivity contribution in [3.05, 3.63) is 0 Å². The van der Waals surface area contributed by atoms with Gasteiger partial charge in [0.2, 0.25) is 0 Å². The number of ether oxygens (including phenoxy) is 2. The van der Waals surface area contributed by atoms with Gasteiger partial charge in [-0.25, -0.2) is 0 Å². The monoisotopic (exact) mass is 220 g/mol. The van der Waals surface area contributed by atoms with Crippen LogP contribution >= 0.6 is 11.6 Å². The number of rotatable bonds is 0. The first-order valence-corrected chi connectivity index (χ1v) is 5.36. The van der Waals surface area contributed by atoms with Crippen molar-refractivity contribution in [3.8, 4) is 0 Å². The quantitative estimate of drug-likeness (QED) is 0.567. The fraction of sp³-hybridized carbons (Fsp3) is 1.00. The molecule has 0 radical (unpaired) electrons. The Bertz CT molecular complexity index is 261. The highest BCUT2D eigenvalue weighted by atomic mass is 35.5. The molecule has 3 rings (SSSR count). The van der Waals surface area contributed by atoms with Gasteiger partial charge in [-0.1, -0.05) is 0 Å². The van der Waals surface area contributed by atoms with Gasteiger partial charge in [0.15, 0.2) is 12.6 Å². The van der Waals surface area contributed by atoms with Crippen molar-refractivity contribution < 1.29 is 19.7 Å². The second-order valence-electron chi connectivity index (χ2n) is 4.49. The molecule has 6 atom stereocenters. The summed E-state index contributed by atoms with van der Waals surface area (Å²) in [6.07, 6.45) is 0.0436. The van der Waals surface area contributed by atoms with E-state index in [1.807, 2.05) is 0 Å². The fourth-order valence-corrected chi connectivity index (χ4v) is 3.47. The molecule has 2 heterocycles. The number of aliphatic hydroxyl groups is 2. The van der Waals surface area contributed by atoms with Gasteiger partial charge in [0.25, 0.3) is 0 Å². The van der Waals surface area contributed by atoms with E-state index in [0.717, 1.165) is 6.42 Å². The molecule has 2 saturated heterocycles. The lowest BCUT2D eigenvalue weighted by atomic mass is 9.84. The standard InChI is InChI=1S/C9H13ClO4/c10-5-1-4-2-6(11)14-8-7(4)9(5,12)3-13-8/h4-8,11-12H,1-3H2/t4-,5-,6+,7-,8+,9+/m1/s1. The van der Waals surface area contributed by atoms with Crippen LogP contribution in [0.5, 0.6) is 0 Å². The molecule has 0 aromatic carbocycles. The molecule has 2 aliphatic heterocycles. The summed E-state index contributed by atoms with van der Waals surface area (Å²) in [5, 5.41) is 19.4. The maximum absolute atomic E-state index is 10.3. The van der Waals surface area contributed by atoms with Crippen LogP contribution in [0.4, 0.5) is 0 Å². The summed E-state index contributed by atoms with van der Waals surface area (Å²) in [7, 11) is 0. The Morgan fingerprint density at radius 3 is 2.93 bits per heavy atom. The fourth-order valence-electron chi connectivity index (χ4n) is 3.03. The summed E-state index contributed by atoms with van der Waals surface area (Å²) >= 11 is 6.10. The molecule has 0 spiro atoms. The SMILES string of the molecule is O[C@@H]1C[C@H]2C[C@@H](Cl)[C@@]3(O)CO[C@@H](O1)[C@@H]23. The molecule has 0 amide bonds. The van der Waals surface area contributed by atoms with Crippen molar-refractivity contribution in [3.63, 3.8) is 0 Å². The van der Waals surface area contributed by atoms with Crippen molar-refractivity contribution in [2.75, 3.05) is 6.61 Å². The minimum absolute atomic E-state index is 0.0617. The summed E-state index contributed by atoms with van der Waals surface area (Å²) in [6.45, 7) is 0.222. The average Bonchev–Trinajstić information content (AvgIpc) is 2.55. The van der Waals surface area contributed by atoms with Crippen molar-refractivity contribution in [1.82, 2.24) is 0 Å². The minimum Gasteiger partial charge on any atom is -0.385 e. The second-order valence-corrected chi connectivity index (χ2v) is 5.01. The third-order valence-corrected chi connectivity index (χ3v) is 4.26. The van der Waals surface area contributed by atoms with E-state index in [4.69, 9.17) is 21.1 Å². The predicted octanol–water partition coefficient (Wildman–Crippen LogP) is 0.0560. The minimum atomic E-state index is -0.947. The smallest absolute Gasteiger partial charge is 0.166 e. The molecule has 0 aromatic rings. The van der Waals surface area contributed by atoms with Crippen molar-refractivity contribution in [2.45, 2.75) is 36.4 Å². The maximum atomic E-state index is 10.3. The van der Waals surface area contributed by atoms with Crippen molar-refractivity contribution >= 4 is 11.6 Å². The van der Waals surface area contributed by atoms with E-state index in [-0.39, 0.29) is 23.8 Å².